The number of rotatable bonds is 2. The summed E-state index contributed by atoms with van der Waals surface area (Å²) in [5.41, 5.74) is 7.36. The summed E-state index contributed by atoms with van der Waals surface area (Å²) in [6.45, 7) is 1.94. The molecule has 1 aliphatic rings. The van der Waals surface area contributed by atoms with Gasteiger partial charge in [0.15, 0.2) is 9.84 Å². The fourth-order valence-corrected chi connectivity index (χ4v) is 5.59. The van der Waals surface area contributed by atoms with Crippen LogP contribution in [0.25, 0.3) is 11.1 Å². The molecule has 2 aromatic heterocycles. The molecule has 3 aromatic rings. The fraction of sp³-hybridized carbons (Fsp3) is 0.308. The van der Waals surface area contributed by atoms with Crippen molar-refractivity contribution in [2.75, 3.05) is 17.3 Å². The van der Waals surface area contributed by atoms with Gasteiger partial charge in [-0.25, -0.2) is 13.2 Å². The third kappa shape index (κ3) is 6.23. The predicted octanol–water partition coefficient (Wildman–Crippen LogP) is 2.94. The maximum absolute atomic E-state index is 13.4. The molecule has 11 heteroatoms. The Morgan fingerprint density at radius 3 is 2.68 bits per heavy atom. The normalized spacial score (nSPS) is 20.1. The van der Waals surface area contributed by atoms with Crippen LogP contribution < -0.4 is 20.7 Å². The van der Waals surface area contributed by atoms with E-state index < -0.39 is 33.9 Å². The van der Waals surface area contributed by atoms with Crippen molar-refractivity contribution in [2.24, 2.45) is 5.73 Å². The van der Waals surface area contributed by atoms with Gasteiger partial charge in [-0.15, -0.1) is 0 Å². The van der Waals surface area contributed by atoms with Crippen molar-refractivity contribution in [3.8, 4) is 16.9 Å². The van der Waals surface area contributed by atoms with Crippen LogP contribution in [0, 0.1) is 0 Å². The monoisotopic (exact) mass is 523 g/mol. The van der Waals surface area contributed by atoms with Crippen LogP contribution >= 0.6 is 0 Å². The molecule has 37 heavy (non-hydrogen) atoms. The van der Waals surface area contributed by atoms with Crippen molar-refractivity contribution < 1.29 is 22.7 Å². The van der Waals surface area contributed by atoms with E-state index in [4.69, 9.17) is 10.5 Å². The van der Waals surface area contributed by atoms with Crippen LogP contribution in [0.4, 0.5) is 10.5 Å². The van der Waals surface area contributed by atoms with Crippen LogP contribution in [-0.2, 0) is 14.6 Å². The summed E-state index contributed by atoms with van der Waals surface area (Å²) in [6, 6.07) is 9.94. The molecular formula is C26H29N5O5S. The minimum atomic E-state index is -3.64. The van der Waals surface area contributed by atoms with Gasteiger partial charge >= 0.3 is 6.03 Å². The Morgan fingerprint density at radius 1 is 1.11 bits per heavy atom. The van der Waals surface area contributed by atoms with Gasteiger partial charge in [0.1, 0.15) is 18.4 Å². The van der Waals surface area contributed by atoms with E-state index in [0.717, 1.165) is 0 Å². The van der Waals surface area contributed by atoms with E-state index in [2.05, 4.69) is 15.3 Å². The molecule has 4 rings (SSSR count). The molecule has 1 aliphatic heterocycles. The highest BCUT2D eigenvalue weighted by atomic mass is 32.2. The number of carbonyl (C=O) groups is 2. The van der Waals surface area contributed by atoms with Crippen molar-refractivity contribution in [2.45, 2.75) is 43.2 Å². The lowest BCUT2D eigenvalue weighted by Gasteiger charge is -2.30. The van der Waals surface area contributed by atoms with E-state index >= 15 is 0 Å². The number of pyridine rings is 2. The van der Waals surface area contributed by atoms with E-state index in [1.165, 1.54) is 17.3 Å². The second-order valence-electron chi connectivity index (χ2n) is 8.88. The molecule has 1 aromatic carbocycles. The maximum atomic E-state index is 13.4. The Bertz CT molecular complexity index is 1370. The molecule has 2 bridgehead atoms. The molecule has 3 N–H and O–H groups in total. The van der Waals surface area contributed by atoms with Gasteiger partial charge in [0.25, 0.3) is 0 Å². The summed E-state index contributed by atoms with van der Waals surface area (Å²) < 4.78 is 32.2. The van der Waals surface area contributed by atoms with E-state index in [-0.39, 0.29) is 30.1 Å². The number of nitrogens with one attached hydrogen (secondary N) is 1. The first-order valence-corrected chi connectivity index (χ1v) is 13.6. The van der Waals surface area contributed by atoms with Crippen molar-refractivity contribution in [3.63, 3.8) is 0 Å². The average molecular weight is 524 g/mol. The Kier molecular flexibility index (Phi) is 8.02. The van der Waals surface area contributed by atoms with Crippen LogP contribution in [0.1, 0.15) is 26.2 Å². The van der Waals surface area contributed by atoms with Crippen LogP contribution in [0.3, 0.4) is 0 Å². The lowest BCUT2D eigenvalue weighted by Crippen LogP contribution is -2.54. The summed E-state index contributed by atoms with van der Waals surface area (Å²) in [6.07, 6.45) is 6.78. The van der Waals surface area contributed by atoms with Crippen LogP contribution in [-0.4, -0.2) is 54.8 Å². The first-order chi connectivity index (χ1) is 17.8. The number of fused-ring (bicyclic) bond motifs is 4. The third-order valence-electron chi connectivity index (χ3n) is 6.06. The molecule has 2 atom stereocenters. The second kappa shape index (κ2) is 11.4. The van der Waals surface area contributed by atoms with E-state index in [9.17, 15) is 18.0 Å². The maximum Gasteiger partial charge on any atom is 0.320 e. The van der Waals surface area contributed by atoms with Gasteiger partial charge in [-0.2, -0.15) is 0 Å². The number of urea groups is 1. The number of hydrogen-bond acceptors (Lipinski definition) is 7. The first-order valence-electron chi connectivity index (χ1n) is 12.0. The molecule has 0 spiro atoms. The van der Waals surface area contributed by atoms with Gasteiger partial charge in [-0.3, -0.25) is 19.7 Å². The molecule has 194 valence electrons. The molecule has 0 saturated carbocycles. The molecule has 3 amide bonds. The molecule has 0 saturated heterocycles. The second-order valence-corrected chi connectivity index (χ2v) is 11.0. The number of carbonyl (C=O) groups excluding carboxylic acids is 2. The molecular weight excluding hydrogens is 494 g/mol. The van der Waals surface area contributed by atoms with Gasteiger partial charge in [0.05, 0.1) is 28.6 Å². The van der Waals surface area contributed by atoms with Crippen LogP contribution in [0.5, 0.6) is 5.75 Å². The third-order valence-corrected chi connectivity index (χ3v) is 7.83. The molecule has 0 fully saturated rings. The standard InChI is InChI=1S/C26H29N5O5S/c1-18-17-36-24-10-3-2-8-22(24)19-13-21(16-29-14-19)37(34,35)12-5-4-9-23(25(32)30-18)31(26(27)33)20-7-6-11-28-15-20/h2-3,6-8,10-11,13-16,18,23H,4-5,9,12,17H2,1H3,(H2,27,33)(H,30,32)/t18-,23+/m1/s1. The van der Waals surface area contributed by atoms with Crippen molar-refractivity contribution >= 4 is 27.5 Å². The summed E-state index contributed by atoms with van der Waals surface area (Å²) >= 11 is 0. The van der Waals surface area contributed by atoms with Crippen LogP contribution in [0.2, 0.25) is 0 Å². The lowest BCUT2D eigenvalue weighted by atomic mass is 10.1. The first kappa shape index (κ1) is 26.1. The number of sulfone groups is 1. The predicted molar refractivity (Wildman–Crippen MR) is 139 cm³/mol. The molecule has 3 heterocycles. The highest BCUT2D eigenvalue weighted by Gasteiger charge is 2.31. The summed E-state index contributed by atoms with van der Waals surface area (Å²) in [5.74, 6) is -0.0288. The number of hydrogen-bond donors (Lipinski definition) is 2. The number of ether oxygens (including phenoxy) is 1. The number of nitrogens with zero attached hydrogens (tertiary/aromatic N) is 3. The zero-order valence-corrected chi connectivity index (χ0v) is 21.2. The highest BCUT2D eigenvalue weighted by molar-refractivity contribution is 7.91. The Balaban J connectivity index is 1.69. The average Bonchev–Trinajstić information content (AvgIpc) is 2.89. The molecule has 0 unspecified atom stereocenters. The number of aromatic nitrogens is 2. The number of nitrogens with two attached hydrogens (primary N) is 1. The zero-order chi connectivity index (χ0) is 26.4. The topological polar surface area (TPSA) is 145 Å². The number of benzene rings is 1. The minimum Gasteiger partial charge on any atom is -0.491 e. The molecule has 0 radical (unpaired) electrons. The largest absolute Gasteiger partial charge is 0.491 e. The summed E-state index contributed by atoms with van der Waals surface area (Å²) in [5, 5.41) is 2.91. The Labute approximate surface area is 215 Å². The van der Waals surface area contributed by atoms with Crippen molar-refractivity contribution in [3.05, 3.63) is 67.3 Å². The number of primary amides is 1. The Hall–Kier alpha value is -3.99. The summed E-state index contributed by atoms with van der Waals surface area (Å²) in [7, 11) is -3.64. The Morgan fingerprint density at radius 2 is 1.92 bits per heavy atom. The van der Waals surface area contributed by atoms with Gasteiger partial charge in [0, 0.05) is 29.7 Å². The molecule has 10 nitrogen and oxygen atoms in total. The smallest absolute Gasteiger partial charge is 0.320 e. The highest BCUT2D eigenvalue weighted by Crippen LogP contribution is 2.31. The minimum absolute atomic E-state index is 0.115. The van der Waals surface area contributed by atoms with Gasteiger partial charge < -0.3 is 15.8 Å². The number of anilines is 1. The van der Waals surface area contributed by atoms with E-state index in [1.54, 1.807) is 43.6 Å². The fourth-order valence-electron chi connectivity index (χ4n) is 4.24. The quantitative estimate of drug-likeness (QED) is 0.525. The SMILES string of the molecule is C[C@@H]1COc2ccccc2-c2cncc(c2)S(=O)(=O)CCCC[C@H](N(C(N)=O)c2cccnc2)C(=O)N1. The van der Waals surface area contributed by atoms with Gasteiger partial charge in [0.2, 0.25) is 5.91 Å². The van der Waals surface area contributed by atoms with Crippen molar-refractivity contribution in [1.82, 2.24) is 15.3 Å². The van der Waals surface area contributed by atoms with E-state index in [1.807, 2.05) is 18.2 Å². The zero-order valence-electron chi connectivity index (χ0n) is 20.4. The van der Waals surface area contributed by atoms with E-state index in [0.29, 0.717) is 29.0 Å². The number of amides is 3. The van der Waals surface area contributed by atoms with Crippen LogP contribution in [0.15, 0.2) is 72.1 Å². The lowest BCUT2D eigenvalue weighted by molar-refractivity contribution is -0.123. The van der Waals surface area contributed by atoms with Gasteiger partial charge in [-0.05, 0) is 50.5 Å². The summed E-state index contributed by atoms with van der Waals surface area (Å²) in [4.78, 5) is 35.3. The number of para-hydroxylation sites is 1. The molecule has 0 aliphatic carbocycles. The van der Waals surface area contributed by atoms with Gasteiger partial charge in [-0.1, -0.05) is 18.2 Å². The van der Waals surface area contributed by atoms with Crippen molar-refractivity contribution in [1.29, 1.82) is 0 Å².